The maximum absolute atomic E-state index is 5.83. The van der Waals surface area contributed by atoms with Gasteiger partial charge in [-0.3, -0.25) is 0 Å². The summed E-state index contributed by atoms with van der Waals surface area (Å²) in [5.74, 6) is 1.67. The van der Waals surface area contributed by atoms with E-state index < -0.39 is 0 Å². The van der Waals surface area contributed by atoms with Crippen LogP contribution in [0, 0.1) is 12.8 Å². The van der Waals surface area contributed by atoms with Crippen LogP contribution >= 0.6 is 11.6 Å². The fourth-order valence-corrected chi connectivity index (χ4v) is 2.60. The van der Waals surface area contributed by atoms with E-state index >= 15 is 0 Å². The Labute approximate surface area is 114 Å². The van der Waals surface area contributed by atoms with Crippen molar-refractivity contribution in [1.82, 2.24) is 14.9 Å². The molecule has 0 amide bonds. The van der Waals surface area contributed by atoms with Crippen LogP contribution in [0.5, 0.6) is 0 Å². The first-order valence-corrected chi connectivity index (χ1v) is 6.95. The summed E-state index contributed by atoms with van der Waals surface area (Å²) in [5.41, 5.74) is 0.900. The lowest BCUT2D eigenvalue weighted by Gasteiger charge is -2.28. The van der Waals surface area contributed by atoms with E-state index in [2.05, 4.69) is 27.2 Å². The Balaban J connectivity index is 1.74. The predicted molar refractivity (Wildman–Crippen MR) is 75.1 cm³/mol. The molecule has 2 rings (SSSR count). The first kappa shape index (κ1) is 13.6. The van der Waals surface area contributed by atoms with Gasteiger partial charge in [0.2, 0.25) is 5.28 Å². The molecule has 1 aromatic heterocycles. The van der Waals surface area contributed by atoms with Crippen molar-refractivity contribution in [3.05, 3.63) is 17.0 Å². The van der Waals surface area contributed by atoms with Gasteiger partial charge in [0, 0.05) is 18.3 Å². The molecule has 1 aromatic rings. The maximum Gasteiger partial charge on any atom is 0.224 e. The molecule has 0 spiro atoms. The zero-order valence-electron chi connectivity index (χ0n) is 11.1. The average molecular weight is 269 g/mol. The minimum absolute atomic E-state index is 0.316. The van der Waals surface area contributed by atoms with Crippen molar-refractivity contribution in [2.24, 2.45) is 5.92 Å². The summed E-state index contributed by atoms with van der Waals surface area (Å²) in [4.78, 5) is 10.6. The van der Waals surface area contributed by atoms with E-state index in [9.17, 15) is 0 Å². The van der Waals surface area contributed by atoms with Crippen LogP contribution in [-0.4, -0.2) is 41.5 Å². The third-order valence-electron chi connectivity index (χ3n) is 3.52. The second kappa shape index (κ2) is 6.34. The molecule has 0 atom stereocenters. The highest BCUT2D eigenvalue weighted by Crippen LogP contribution is 2.19. The minimum Gasteiger partial charge on any atom is -0.370 e. The lowest BCUT2D eigenvalue weighted by Crippen LogP contribution is -2.30. The van der Waals surface area contributed by atoms with Crippen molar-refractivity contribution in [1.29, 1.82) is 0 Å². The van der Waals surface area contributed by atoms with Gasteiger partial charge in [0.1, 0.15) is 5.82 Å². The fourth-order valence-electron chi connectivity index (χ4n) is 2.38. The number of hydrogen-bond acceptors (Lipinski definition) is 4. The number of hydrogen-bond donors (Lipinski definition) is 1. The van der Waals surface area contributed by atoms with Crippen LogP contribution in [0.15, 0.2) is 6.07 Å². The number of aryl methyl sites for hydroxylation is 1. The number of likely N-dealkylation sites (tertiary alicyclic amines) is 1. The van der Waals surface area contributed by atoms with Crippen molar-refractivity contribution in [3.8, 4) is 0 Å². The monoisotopic (exact) mass is 268 g/mol. The van der Waals surface area contributed by atoms with E-state index in [1.165, 1.54) is 32.4 Å². The molecule has 0 bridgehead atoms. The molecule has 1 saturated heterocycles. The van der Waals surface area contributed by atoms with Gasteiger partial charge in [0.15, 0.2) is 0 Å². The van der Waals surface area contributed by atoms with Crippen LogP contribution < -0.4 is 5.32 Å². The number of nitrogens with one attached hydrogen (secondary N) is 1. The van der Waals surface area contributed by atoms with E-state index in [1.54, 1.807) is 0 Å². The zero-order chi connectivity index (χ0) is 13.0. The molecule has 0 saturated carbocycles. The first-order chi connectivity index (χ1) is 8.63. The number of nitrogens with zero attached hydrogens (tertiary/aromatic N) is 3. The highest BCUT2D eigenvalue weighted by atomic mass is 35.5. The Morgan fingerprint density at radius 2 is 2.11 bits per heavy atom. The van der Waals surface area contributed by atoms with Crippen molar-refractivity contribution in [2.45, 2.75) is 26.2 Å². The molecule has 4 nitrogen and oxygen atoms in total. The van der Waals surface area contributed by atoms with Gasteiger partial charge >= 0.3 is 0 Å². The van der Waals surface area contributed by atoms with E-state index in [0.29, 0.717) is 5.28 Å². The third-order valence-corrected chi connectivity index (χ3v) is 3.69. The Morgan fingerprint density at radius 1 is 1.39 bits per heavy atom. The van der Waals surface area contributed by atoms with E-state index in [1.807, 2.05) is 13.0 Å². The lowest BCUT2D eigenvalue weighted by molar-refractivity contribution is 0.215. The number of halogens is 1. The van der Waals surface area contributed by atoms with Crippen LogP contribution in [0.2, 0.25) is 5.28 Å². The molecule has 18 heavy (non-hydrogen) atoms. The van der Waals surface area contributed by atoms with Crippen LogP contribution in [0.3, 0.4) is 0 Å². The Hall–Kier alpha value is -0.870. The van der Waals surface area contributed by atoms with Gasteiger partial charge in [-0.05, 0) is 63.8 Å². The SMILES string of the molecule is Cc1cc(NCCC2CCN(C)CC2)nc(Cl)n1. The smallest absolute Gasteiger partial charge is 0.224 e. The normalized spacial score (nSPS) is 17.9. The Bertz CT molecular complexity index is 368. The molecular formula is C13H21ClN4. The topological polar surface area (TPSA) is 41.0 Å². The van der Waals surface area contributed by atoms with Gasteiger partial charge in [0.05, 0.1) is 0 Å². The van der Waals surface area contributed by atoms with Gasteiger partial charge in [0.25, 0.3) is 0 Å². The van der Waals surface area contributed by atoms with Crippen molar-refractivity contribution >= 4 is 17.4 Å². The fraction of sp³-hybridized carbons (Fsp3) is 0.692. The molecule has 0 aromatic carbocycles. The highest BCUT2D eigenvalue weighted by molar-refractivity contribution is 6.28. The van der Waals surface area contributed by atoms with Crippen molar-refractivity contribution < 1.29 is 0 Å². The molecule has 1 N–H and O–H groups in total. The Morgan fingerprint density at radius 3 is 2.78 bits per heavy atom. The lowest BCUT2D eigenvalue weighted by atomic mass is 9.94. The third kappa shape index (κ3) is 4.10. The summed E-state index contributed by atoms with van der Waals surface area (Å²) >= 11 is 5.83. The molecule has 1 aliphatic heterocycles. The predicted octanol–water partition coefficient (Wildman–Crippen LogP) is 2.58. The van der Waals surface area contributed by atoms with Crippen LogP contribution in [0.1, 0.15) is 25.0 Å². The minimum atomic E-state index is 0.316. The van der Waals surface area contributed by atoms with Crippen LogP contribution in [-0.2, 0) is 0 Å². The van der Waals surface area contributed by atoms with E-state index in [4.69, 9.17) is 11.6 Å². The largest absolute Gasteiger partial charge is 0.370 e. The van der Waals surface area contributed by atoms with Gasteiger partial charge in [-0.2, -0.15) is 0 Å². The molecule has 1 aliphatic rings. The average Bonchev–Trinajstić information content (AvgIpc) is 2.30. The summed E-state index contributed by atoms with van der Waals surface area (Å²) in [5, 5.41) is 3.65. The standard InChI is InChI=1S/C13H21ClN4/c1-10-9-12(17-13(14)16-10)15-6-3-11-4-7-18(2)8-5-11/h9,11H,3-8H2,1-2H3,(H,15,16,17). The second-order valence-corrected chi connectivity index (χ2v) is 5.46. The second-order valence-electron chi connectivity index (χ2n) is 5.13. The van der Waals surface area contributed by atoms with Crippen molar-refractivity contribution in [2.75, 3.05) is 32.0 Å². The van der Waals surface area contributed by atoms with Crippen LogP contribution in [0.4, 0.5) is 5.82 Å². The molecule has 0 aliphatic carbocycles. The number of rotatable bonds is 4. The molecule has 100 valence electrons. The summed E-state index contributed by atoms with van der Waals surface area (Å²) in [6.45, 7) is 5.34. The first-order valence-electron chi connectivity index (χ1n) is 6.57. The van der Waals surface area contributed by atoms with E-state index in [0.717, 1.165) is 24.0 Å². The van der Waals surface area contributed by atoms with Crippen LogP contribution in [0.25, 0.3) is 0 Å². The quantitative estimate of drug-likeness (QED) is 0.853. The summed E-state index contributed by atoms with van der Waals surface area (Å²) < 4.78 is 0. The van der Waals surface area contributed by atoms with Crippen molar-refractivity contribution in [3.63, 3.8) is 0 Å². The summed E-state index contributed by atoms with van der Waals surface area (Å²) in [6, 6.07) is 1.93. The zero-order valence-corrected chi connectivity index (χ0v) is 11.9. The van der Waals surface area contributed by atoms with Gasteiger partial charge in [-0.1, -0.05) is 0 Å². The van der Waals surface area contributed by atoms with Gasteiger partial charge in [-0.25, -0.2) is 9.97 Å². The summed E-state index contributed by atoms with van der Waals surface area (Å²) in [6.07, 6.45) is 3.82. The number of aromatic nitrogens is 2. The highest BCUT2D eigenvalue weighted by Gasteiger charge is 2.15. The molecule has 0 unspecified atom stereocenters. The number of anilines is 1. The van der Waals surface area contributed by atoms with E-state index in [-0.39, 0.29) is 0 Å². The van der Waals surface area contributed by atoms with Gasteiger partial charge in [-0.15, -0.1) is 0 Å². The molecule has 1 fully saturated rings. The number of piperidine rings is 1. The molecule has 5 heteroatoms. The Kier molecular flexibility index (Phi) is 4.78. The van der Waals surface area contributed by atoms with Gasteiger partial charge < -0.3 is 10.2 Å². The summed E-state index contributed by atoms with van der Waals surface area (Å²) in [7, 11) is 2.19. The molecular weight excluding hydrogens is 248 g/mol. The molecule has 0 radical (unpaired) electrons. The molecule has 2 heterocycles. The maximum atomic E-state index is 5.83.